The molecule has 47 heavy (non-hydrogen) atoms. The second kappa shape index (κ2) is 14.4. The molecule has 7 nitrogen and oxygen atoms in total. The van der Waals surface area contributed by atoms with Crippen molar-refractivity contribution < 1.29 is 19.0 Å². The summed E-state index contributed by atoms with van der Waals surface area (Å²) in [4.78, 5) is 33.2. The van der Waals surface area contributed by atoms with Crippen LogP contribution in [0.4, 0.5) is 0 Å². The molecule has 2 heterocycles. The molecule has 0 saturated heterocycles. The molecule has 1 atom stereocenters. The Morgan fingerprint density at radius 1 is 0.894 bits per heavy atom. The Hall–Kier alpha value is -4.63. The number of hydrogen-bond acceptors (Lipinski definition) is 7. The molecule has 10 heteroatoms. The third kappa shape index (κ3) is 6.90. The predicted octanol–water partition coefficient (Wildman–Crippen LogP) is 7.22. The molecule has 0 fully saturated rings. The Balaban J connectivity index is 1.45. The molecule has 238 valence electrons. The highest BCUT2D eigenvalue weighted by molar-refractivity contribution is 7.07. The van der Waals surface area contributed by atoms with E-state index in [0.717, 1.165) is 22.3 Å². The van der Waals surface area contributed by atoms with E-state index in [1.807, 2.05) is 85.8 Å². The molecule has 1 aliphatic rings. The Kier molecular flexibility index (Phi) is 9.92. The van der Waals surface area contributed by atoms with Crippen LogP contribution in [0, 0.1) is 0 Å². The normalized spacial score (nSPS) is 14.4. The standard InChI is InChI=1S/C37H30Cl2N2O5S/c1-3-44-30-19-23(15-18-29(30)46-22-26-16-17-27(38)21-28(26)39)20-31-35(42)41-34(25-13-9-6-10-14-25)32(36(43)45-4-2)33(40-37(41)47-31)24-11-7-5-8-12-24/h5-21,34H,3-4,22H2,1-2H3/b31-20-/t34-/m1/s1. The minimum atomic E-state index is -0.738. The third-order valence-electron chi connectivity index (χ3n) is 7.45. The van der Waals surface area contributed by atoms with E-state index in [-0.39, 0.29) is 18.8 Å². The second-order valence-electron chi connectivity index (χ2n) is 10.5. The third-order valence-corrected chi connectivity index (χ3v) is 9.02. The van der Waals surface area contributed by atoms with Gasteiger partial charge in [0.1, 0.15) is 6.61 Å². The van der Waals surface area contributed by atoms with Gasteiger partial charge in [-0.2, -0.15) is 0 Å². The Morgan fingerprint density at radius 3 is 2.34 bits per heavy atom. The average Bonchev–Trinajstić information content (AvgIpc) is 3.39. The van der Waals surface area contributed by atoms with E-state index in [2.05, 4.69) is 0 Å². The van der Waals surface area contributed by atoms with Crippen molar-refractivity contribution in [3.8, 4) is 11.5 Å². The molecule has 1 aromatic heterocycles. The Labute approximate surface area is 285 Å². The van der Waals surface area contributed by atoms with Crippen molar-refractivity contribution in [3.05, 3.63) is 155 Å². The highest BCUT2D eigenvalue weighted by atomic mass is 35.5. The summed E-state index contributed by atoms with van der Waals surface area (Å²) >= 11 is 13.6. The number of thiazole rings is 1. The van der Waals surface area contributed by atoms with E-state index in [1.54, 1.807) is 35.8 Å². The lowest BCUT2D eigenvalue weighted by atomic mass is 9.93. The molecule has 0 saturated carbocycles. The van der Waals surface area contributed by atoms with Crippen LogP contribution in [-0.4, -0.2) is 23.8 Å². The van der Waals surface area contributed by atoms with Gasteiger partial charge in [-0.1, -0.05) is 107 Å². The first-order valence-corrected chi connectivity index (χ1v) is 16.6. The highest BCUT2D eigenvalue weighted by Crippen LogP contribution is 2.35. The van der Waals surface area contributed by atoms with Crippen molar-refractivity contribution in [2.24, 2.45) is 4.99 Å². The summed E-state index contributed by atoms with van der Waals surface area (Å²) in [6.07, 6.45) is 1.80. The molecule has 0 bridgehead atoms. The van der Waals surface area contributed by atoms with Crippen LogP contribution in [0.3, 0.4) is 0 Å². The van der Waals surface area contributed by atoms with E-state index < -0.39 is 12.0 Å². The second-order valence-corrected chi connectivity index (χ2v) is 12.4. The molecule has 4 aromatic carbocycles. The average molecular weight is 686 g/mol. The minimum absolute atomic E-state index is 0.185. The van der Waals surface area contributed by atoms with Gasteiger partial charge in [-0.3, -0.25) is 9.36 Å². The lowest BCUT2D eigenvalue weighted by Gasteiger charge is -2.25. The minimum Gasteiger partial charge on any atom is -0.490 e. The summed E-state index contributed by atoms with van der Waals surface area (Å²) in [6.45, 7) is 4.47. The zero-order valence-corrected chi connectivity index (χ0v) is 27.9. The Morgan fingerprint density at radius 2 is 1.64 bits per heavy atom. The van der Waals surface area contributed by atoms with Gasteiger partial charge in [0, 0.05) is 21.2 Å². The largest absolute Gasteiger partial charge is 0.490 e. The fourth-order valence-electron chi connectivity index (χ4n) is 5.34. The maximum atomic E-state index is 14.2. The van der Waals surface area contributed by atoms with Crippen LogP contribution in [0.5, 0.6) is 11.5 Å². The van der Waals surface area contributed by atoms with E-state index >= 15 is 0 Å². The number of carbonyl (C=O) groups is 1. The lowest BCUT2D eigenvalue weighted by molar-refractivity contribution is -0.138. The molecule has 0 radical (unpaired) electrons. The van der Waals surface area contributed by atoms with E-state index in [4.69, 9.17) is 42.4 Å². The van der Waals surface area contributed by atoms with Gasteiger partial charge in [0.2, 0.25) is 0 Å². The molecule has 0 aliphatic carbocycles. The summed E-state index contributed by atoms with van der Waals surface area (Å²) in [5.74, 6) is 0.541. The van der Waals surface area contributed by atoms with Crippen molar-refractivity contribution >= 4 is 52.3 Å². The first kappa shape index (κ1) is 32.3. The van der Waals surface area contributed by atoms with Crippen LogP contribution in [0.15, 0.2) is 112 Å². The first-order chi connectivity index (χ1) is 22.9. The summed E-state index contributed by atoms with van der Waals surface area (Å²) in [6, 6.07) is 28.9. The number of rotatable bonds is 10. The van der Waals surface area contributed by atoms with Crippen LogP contribution < -0.4 is 24.4 Å². The number of esters is 1. The van der Waals surface area contributed by atoms with Gasteiger partial charge in [-0.05, 0) is 55.3 Å². The van der Waals surface area contributed by atoms with Gasteiger partial charge in [-0.25, -0.2) is 9.79 Å². The number of ether oxygens (including phenoxy) is 3. The Bertz CT molecular complexity index is 2140. The van der Waals surface area contributed by atoms with Crippen molar-refractivity contribution in [1.29, 1.82) is 0 Å². The van der Waals surface area contributed by atoms with Gasteiger partial charge >= 0.3 is 5.97 Å². The quantitative estimate of drug-likeness (QED) is 0.145. The van der Waals surface area contributed by atoms with Gasteiger partial charge in [0.05, 0.1) is 35.1 Å². The van der Waals surface area contributed by atoms with Crippen LogP contribution in [0.1, 0.15) is 42.1 Å². The maximum absolute atomic E-state index is 14.2. The SMILES string of the molecule is CCOC(=O)C1=C(c2ccccc2)N=c2s/c(=C\c3ccc(OCc4ccc(Cl)cc4Cl)c(OCC)c3)c(=O)n2[C@@H]1c1ccccc1. The molecule has 0 spiro atoms. The fourth-order valence-corrected chi connectivity index (χ4v) is 6.80. The fraction of sp³-hybridized carbons (Fsp3) is 0.162. The number of halogens is 2. The number of aromatic nitrogens is 1. The number of fused-ring (bicyclic) bond motifs is 1. The maximum Gasteiger partial charge on any atom is 0.338 e. The van der Waals surface area contributed by atoms with Crippen LogP contribution >= 0.6 is 34.5 Å². The zero-order valence-electron chi connectivity index (χ0n) is 25.6. The summed E-state index contributed by atoms with van der Waals surface area (Å²) in [7, 11) is 0. The van der Waals surface area contributed by atoms with Gasteiger partial charge < -0.3 is 14.2 Å². The summed E-state index contributed by atoms with van der Waals surface area (Å²) < 4.78 is 19.5. The van der Waals surface area contributed by atoms with Crippen LogP contribution in [-0.2, 0) is 16.1 Å². The zero-order chi connectivity index (χ0) is 32.9. The van der Waals surface area contributed by atoms with Crippen molar-refractivity contribution in [3.63, 3.8) is 0 Å². The van der Waals surface area contributed by atoms with Gasteiger partial charge in [-0.15, -0.1) is 0 Å². The van der Waals surface area contributed by atoms with E-state index in [9.17, 15) is 9.59 Å². The molecule has 5 aromatic rings. The molecular weight excluding hydrogens is 655 g/mol. The number of hydrogen-bond donors (Lipinski definition) is 0. The van der Waals surface area contributed by atoms with E-state index in [0.29, 0.717) is 48.8 Å². The van der Waals surface area contributed by atoms with Crippen LogP contribution in [0.2, 0.25) is 10.0 Å². The summed E-state index contributed by atoms with van der Waals surface area (Å²) in [5, 5.41) is 1.06. The monoisotopic (exact) mass is 684 g/mol. The first-order valence-electron chi connectivity index (χ1n) is 15.0. The van der Waals surface area contributed by atoms with Crippen molar-refractivity contribution in [2.75, 3.05) is 13.2 Å². The number of benzene rings is 4. The summed E-state index contributed by atoms with van der Waals surface area (Å²) in [5.41, 5.74) is 3.56. The predicted molar refractivity (Wildman–Crippen MR) is 186 cm³/mol. The van der Waals surface area contributed by atoms with E-state index in [1.165, 1.54) is 11.3 Å². The number of nitrogens with zero attached hydrogens (tertiary/aromatic N) is 2. The number of carbonyl (C=O) groups excluding carboxylic acids is 1. The molecular formula is C37H30Cl2N2O5S. The van der Waals surface area contributed by atoms with Crippen LogP contribution in [0.25, 0.3) is 11.8 Å². The lowest BCUT2D eigenvalue weighted by Crippen LogP contribution is -2.39. The molecule has 6 rings (SSSR count). The molecule has 0 unspecified atom stereocenters. The van der Waals surface area contributed by atoms with Gasteiger partial charge in [0.15, 0.2) is 16.3 Å². The molecule has 0 amide bonds. The smallest absolute Gasteiger partial charge is 0.338 e. The van der Waals surface area contributed by atoms with Gasteiger partial charge in [0.25, 0.3) is 5.56 Å². The molecule has 0 N–H and O–H groups in total. The topological polar surface area (TPSA) is 79.1 Å². The van der Waals surface area contributed by atoms with Crippen molar-refractivity contribution in [1.82, 2.24) is 4.57 Å². The van der Waals surface area contributed by atoms with Crippen molar-refractivity contribution in [2.45, 2.75) is 26.5 Å². The molecule has 1 aliphatic heterocycles. The highest BCUT2D eigenvalue weighted by Gasteiger charge is 2.35.